The molecule has 1 aliphatic rings. The molecule has 0 spiro atoms. The molecule has 0 amide bonds. The van der Waals surface area contributed by atoms with Crippen molar-refractivity contribution in [2.45, 2.75) is 32.4 Å². The van der Waals surface area contributed by atoms with E-state index in [1.165, 1.54) is 6.07 Å². The van der Waals surface area contributed by atoms with Gasteiger partial charge in [-0.2, -0.15) is 0 Å². The number of nitrogens with zero attached hydrogens (tertiary/aromatic N) is 1. The Labute approximate surface area is 124 Å². The van der Waals surface area contributed by atoms with Crippen molar-refractivity contribution < 1.29 is 13.9 Å². The number of aliphatic hydroxyl groups excluding tert-OH is 1. The zero-order valence-corrected chi connectivity index (χ0v) is 12.2. The topological polar surface area (TPSA) is 36.6 Å². The molecule has 0 bridgehead atoms. The molecule has 3 nitrogen and oxygen atoms in total. The Bertz CT molecular complexity index is 623. The molecular weight excluding hydrogens is 269 g/mol. The monoisotopic (exact) mass is 289 g/mol. The van der Waals surface area contributed by atoms with Crippen molar-refractivity contribution in [1.29, 1.82) is 0 Å². The fraction of sp³-hybridized carbons (Fsp3) is 0.412. The number of hydrogen-bond donors (Lipinski definition) is 1. The minimum absolute atomic E-state index is 0.218. The SMILES string of the molecule is Cc1c(F)cccc1-c1ccc(CN2CCC[C@H](O)C2)o1. The molecule has 1 fully saturated rings. The Balaban J connectivity index is 1.75. The van der Waals surface area contributed by atoms with E-state index in [0.29, 0.717) is 24.4 Å². The second-order valence-corrected chi connectivity index (χ2v) is 5.71. The number of piperidine rings is 1. The Morgan fingerprint density at radius 1 is 1.33 bits per heavy atom. The molecule has 112 valence electrons. The summed E-state index contributed by atoms with van der Waals surface area (Å²) in [6.07, 6.45) is 1.65. The van der Waals surface area contributed by atoms with E-state index >= 15 is 0 Å². The molecule has 0 aliphatic carbocycles. The van der Waals surface area contributed by atoms with Crippen LogP contribution in [0.25, 0.3) is 11.3 Å². The first-order chi connectivity index (χ1) is 10.1. The van der Waals surface area contributed by atoms with E-state index in [0.717, 1.165) is 30.7 Å². The summed E-state index contributed by atoms with van der Waals surface area (Å²) in [7, 11) is 0. The Morgan fingerprint density at radius 2 is 2.19 bits per heavy atom. The van der Waals surface area contributed by atoms with Crippen molar-refractivity contribution in [3.05, 3.63) is 47.5 Å². The van der Waals surface area contributed by atoms with Crippen molar-refractivity contribution >= 4 is 0 Å². The van der Waals surface area contributed by atoms with Crippen molar-refractivity contribution in [1.82, 2.24) is 4.90 Å². The van der Waals surface area contributed by atoms with Gasteiger partial charge in [0.25, 0.3) is 0 Å². The first kappa shape index (κ1) is 14.3. The van der Waals surface area contributed by atoms with Gasteiger partial charge < -0.3 is 9.52 Å². The molecule has 0 radical (unpaired) electrons. The average Bonchev–Trinajstić information content (AvgIpc) is 2.90. The summed E-state index contributed by atoms with van der Waals surface area (Å²) >= 11 is 0. The molecule has 1 saturated heterocycles. The fourth-order valence-electron chi connectivity index (χ4n) is 2.88. The molecule has 1 N–H and O–H groups in total. The predicted octanol–water partition coefficient (Wildman–Crippen LogP) is 3.35. The van der Waals surface area contributed by atoms with Gasteiger partial charge in [-0.3, -0.25) is 4.90 Å². The lowest BCUT2D eigenvalue weighted by Gasteiger charge is -2.29. The van der Waals surface area contributed by atoms with Gasteiger partial charge in [0.1, 0.15) is 17.3 Å². The molecule has 0 saturated carbocycles. The number of rotatable bonds is 3. The molecular formula is C17H20FNO2. The number of likely N-dealkylation sites (tertiary alicyclic amines) is 1. The minimum atomic E-state index is -0.237. The van der Waals surface area contributed by atoms with Gasteiger partial charge in [0.2, 0.25) is 0 Å². The van der Waals surface area contributed by atoms with Crippen LogP contribution in [-0.2, 0) is 6.54 Å². The first-order valence-electron chi connectivity index (χ1n) is 7.38. The van der Waals surface area contributed by atoms with Crippen molar-refractivity contribution in [2.24, 2.45) is 0 Å². The van der Waals surface area contributed by atoms with Crippen LogP contribution >= 0.6 is 0 Å². The number of β-amino-alcohol motifs (C(OH)–C–C–N with tert-alkyl or cyclic N) is 1. The molecule has 0 unspecified atom stereocenters. The lowest BCUT2D eigenvalue weighted by atomic mass is 10.1. The highest BCUT2D eigenvalue weighted by Crippen LogP contribution is 2.27. The van der Waals surface area contributed by atoms with Gasteiger partial charge in [-0.15, -0.1) is 0 Å². The summed E-state index contributed by atoms with van der Waals surface area (Å²) in [6, 6.07) is 8.84. The molecule has 2 heterocycles. The van der Waals surface area contributed by atoms with E-state index in [4.69, 9.17) is 4.42 Å². The molecule has 1 atom stereocenters. The summed E-state index contributed by atoms with van der Waals surface area (Å²) < 4.78 is 19.5. The van der Waals surface area contributed by atoms with Crippen molar-refractivity contribution in [3.8, 4) is 11.3 Å². The van der Waals surface area contributed by atoms with Gasteiger partial charge in [-0.05, 0) is 50.1 Å². The third-order valence-electron chi connectivity index (χ3n) is 4.05. The average molecular weight is 289 g/mol. The highest BCUT2D eigenvalue weighted by molar-refractivity contribution is 5.62. The summed E-state index contributed by atoms with van der Waals surface area (Å²) in [6.45, 7) is 4.11. The first-order valence-corrected chi connectivity index (χ1v) is 7.38. The second kappa shape index (κ2) is 6.00. The van der Waals surface area contributed by atoms with Crippen LogP contribution in [0.3, 0.4) is 0 Å². The molecule has 1 aromatic carbocycles. The number of halogens is 1. The van der Waals surface area contributed by atoms with Crippen molar-refractivity contribution in [2.75, 3.05) is 13.1 Å². The molecule has 1 aromatic heterocycles. The standard InChI is InChI=1S/C17H20FNO2/c1-12-15(5-2-6-16(12)18)17-8-7-14(21-17)11-19-9-3-4-13(20)10-19/h2,5-8,13,20H,3-4,9-11H2,1H3/t13-/m0/s1. The van der Waals surface area contributed by atoms with E-state index in [1.807, 2.05) is 18.2 Å². The maximum Gasteiger partial charge on any atom is 0.134 e. The van der Waals surface area contributed by atoms with E-state index < -0.39 is 0 Å². The van der Waals surface area contributed by atoms with Gasteiger partial charge in [0.15, 0.2) is 0 Å². The van der Waals surface area contributed by atoms with E-state index in [9.17, 15) is 9.50 Å². The zero-order chi connectivity index (χ0) is 14.8. The van der Waals surface area contributed by atoms with Crippen LogP contribution in [0.5, 0.6) is 0 Å². The van der Waals surface area contributed by atoms with Crippen molar-refractivity contribution in [3.63, 3.8) is 0 Å². The zero-order valence-electron chi connectivity index (χ0n) is 12.2. The lowest BCUT2D eigenvalue weighted by Crippen LogP contribution is -2.37. The van der Waals surface area contributed by atoms with Gasteiger partial charge in [0, 0.05) is 12.1 Å². The Morgan fingerprint density at radius 3 is 3.00 bits per heavy atom. The summed E-state index contributed by atoms with van der Waals surface area (Å²) in [4.78, 5) is 2.19. The minimum Gasteiger partial charge on any atom is -0.460 e. The van der Waals surface area contributed by atoms with Crippen LogP contribution in [0.4, 0.5) is 4.39 Å². The highest BCUT2D eigenvalue weighted by atomic mass is 19.1. The van der Waals surface area contributed by atoms with Gasteiger partial charge in [-0.25, -0.2) is 4.39 Å². The third kappa shape index (κ3) is 3.17. The number of furan rings is 1. The van der Waals surface area contributed by atoms with Crippen LogP contribution < -0.4 is 0 Å². The maximum atomic E-state index is 13.6. The smallest absolute Gasteiger partial charge is 0.134 e. The lowest BCUT2D eigenvalue weighted by molar-refractivity contribution is 0.0635. The van der Waals surface area contributed by atoms with Crippen LogP contribution in [0.1, 0.15) is 24.2 Å². The number of benzene rings is 1. The second-order valence-electron chi connectivity index (χ2n) is 5.71. The highest BCUT2D eigenvalue weighted by Gasteiger charge is 2.19. The largest absolute Gasteiger partial charge is 0.460 e. The molecule has 3 rings (SSSR count). The van der Waals surface area contributed by atoms with Crippen LogP contribution in [-0.4, -0.2) is 29.2 Å². The number of aliphatic hydroxyl groups is 1. The molecule has 4 heteroatoms. The molecule has 2 aromatic rings. The van der Waals surface area contributed by atoms with E-state index in [1.54, 1.807) is 13.0 Å². The Hall–Kier alpha value is -1.65. The quantitative estimate of drug-likeness (QED) is 0.941. The van der Waals surface area contributed by atoms with Crippen LogP contribution in [0.15, 0.2) is 34.7 Å². The Kier molecular flexibility index (Phi) is 4.08. The van der Waals surface area contributed by atoms with Gasteiger partial charge in [0.05, 0.1) is 12.6 Å². The van der Waals surface area contributed by atoms with Gasteiger partial charge >= 0.3 is 0 Å². The van der Waals surface area contributed by atoms with Gasteiger partial charge in [-0.1, -0.05) is 12.1 Å². The molecule has 1 aliphatic heterocycles. The fourth-order valence-corrected chi connectivity index (χ4v) is 2.88. The van der Waals surface area contributed by atoms with E-state index in [-0.39, 0.29) is 11.9 Å². The third-order valence-corrected chi connectivity index (χ3v) is 4.05. The summed E-state index contributed by atoms with van der Waals surface area (Å²) in [5.41, 5.74) is 1.40. The molecule has 21 heavy (non-hydrogen) atoms. The predicted molar refractivity (Wildman–Crippen MR) is 79.4 cm³/mol. The van der Waals surface area contributed by atoms with Crippen LogP contribution in [0.2, 0.25) is 0 Å². The maximum absolute atomic E-state index is 13.6. The summed E-state index contributed by atoms with van der Waals surface area (Å²) in [5, 5.41) is 9.69. The van der Waals surface area contributed by atoms with E-state index in [2.05, 4.69) is 4.90 Å². The number of hydrogen-bond acceptors (Lipinski definition) is 3. The normalized spacial score (nSPS) is 19.9. The summed E-state index contributed by atoms with van der Waals surface area (Å²) in [5.74, 6) is 1.33. The van der Waals surface area contributed by atoms with Crippen LogP contribution in [0, 0.1) is 12.7 Å².